The van der Waals surface area contributed by atoms with E-state index in [-0.39, 0.29) is 24.5 Å². The number of hydrogen-bond acceptors (Lipinski definition) is 4. The lowest BCUT2D eigenvalue weighted by atomic mass is 9.69. The summed E-state index contributed by atoms with van der Waals surface area (Å²) >= 11 is 0. The Hall–Kier alpha value is -1.94. The van der Waals surface area contributed by atoms with Gasteiger partial charge in [0.2, 0.25) is 11.6 Å². The predicted molar refractivity (Wildman–Crippen MR) is 85.2 cm³/mol. The highest BCUT2D eigenvalue weighted by Gasteiger charge is 2.44. The summed E-state index contributed by atoms with van der Waals surface area (Å²) < 4.78 is 5.70. The van der Waals surface area contributed by atoms with Crippen molar-refractivity contribution < 1.29 is 19.4 Å². The Balaban J connectivity index is 1.98. The van der Waals surface area contributed by atoms with Gasteiger partial charge in [-0.3, -0.25) is 9.59 Å². The summed E-state index contributed by atoms with van der Waals surface area (Å²) in [6.07, 6.45) is 2.93. The average molecular weight is 312 g/mol. The molecule has 1 aromatic carbocycles. The Morgan fingerprint density at radius 2 is 2.04 bits per heavy atom. The number of ketones is 2. The average Bonchev–Trinajstić information content (AvgIpc) is 2.95. The number of rotatable bonds is 1. The maximum Gasteiger partial charge on any atom is 0.234 e. The molecule has 0 spiro atoms. The molecular formula is C19H20O4. The maximum atomic E-state index is 12.8. The summed E-state index contributed by atoms with van der Waals surface area (Å²) in [7, 11) is 0. The van der Waals surface area contributed by atoms with E-state index < -0.39 is 11.6 Å². The molecule has 2 aliphatic carbocycles. The minimum absolute atomic E-state index is 0.0186. The number of Topliss-reactive ketones (excluding diaryl/α,β-unsaturated/α-hetero) is 2. The monoisotopic (exact) mass is 312 g/mol. The minimum atomic E-state index is -0.499. The van der Waals surface area contributed by atoms with Crippen molar-refractivity contribution in [3.63, 3.8) is 0 Å². The minimum Gasteiger partial charge on any atom is -0.492 e. The van der Waals surface area contributed by atoms with Crippen LogP contribution in [0.4, 0.5) is 0 Å². The van der Waals surface area contributed by atoms with Crippen molar-refractivity contribution in [2.24, 2.45) is 5.92 Å². The summed E-state index contributed by atoms with van der Waals surface area (Å²) in [6, 6.07) is 4.00. The molecule has 0 bridgehead atoms. The zero-order valence-electron chi connectivity index (χ0n) is 13.4. The van der Waals surface area contributed by atoms with Crippen molar-refractivity contribution in [2.75, 3.05) is 13.2 Å². The number of aliphatic hydroxyl groups is 1. The third-order valence-corrected chi connectivity index (χ3v) is 5.50. The molecule has 0 fully saturated rings. The summed E-state index contributed by atoms with van der Waals surface area (Å²) in [5.41, 5.74) is 3.84. The molecule has 0 radical (unpaired) electrons. The highest BCUT2D eigenvalue weighted by Crippen LogP contribution is 2.45. The van der Waals surface area contributed by atoms with Gasteiger partial charge in [0, 0.05) is 17.0 Å². The third-order valence-electron chi connectivity index (χ3n) is 5.50. The summed E-state index contributed by atoms with van der Waals surface area (Å²) in [5.74, 6) is -0.810. The van der Waals surface area contributed by atoms with Gasteiger partial charge in [0.25, 0.3) is 0 Å². The van der Waals surface area contributed by atoms with Crippen LogP contribution in [-0.4, -0.2) is 29.9 Å². The molecule has 120 valence electrons. The number of aliphatic hydroxyl groups excluding tert-OH is 1. The summed E-state index contributed by atoms with van der Waals surface area (Å²) in [5, 5.41) is 9.44. The van der Waals surface area contributed by atoms with E-state index in [2.05, 4.69) is 19.9 Å². The molecule has 1 aliphatic heterocycles. The van der Waals surface area contributed by atoms with Crippen molar-refractivity contribution in [1.82, 2.24) is 0 Å². The number of carbonyl (C=O) groups is 2. The van der Waals surface area contributed by atoms with Crippen LogP contribution in [0.5, 0.6) is 0 Å². The zero-order valence-corrected chi connectivity index (χ0v) is 13.4. The van der Waals surface area contributed by atoms with Crippen LogP contribution in [-0.2, 0) is 21.4 Å². The number of carbonyl (C=O) groups excluding carboxylic acids is 2. The number of fused-ring (bicyclic) bond motifs is 4. The van der Waals surface area contributed by atoms with Crippen LogP contribution in [0, 0.1) is 5.92 Å². The van der Waals surface area contributed by atoms with E-state index in [1.54, 1.807) is 0 Å². The normalized spacial score (nSPS) is 24.9. The first-order valence-electron chi connectivity index (χ1n) is 8.19. The molecule has 4 heteroatoms. The lowest BCUT2D eigenvalue weighted by Crippen LogP contribution is -2.31. The first-order chi connectivity index (χ1) is 11.0. The molecule has 0 saturated heterocycles. The quantitative estimate of drug-likeness (QED) is 0.809. The number of benzene rings is 1. The van der Waals surface area contributed by atoms with Crippen LogP contribution >= 0.6 is 0 Å². The van der Waals surface area contributed by atoms with Gasteiger partial charge < -0.3 is 9.84 Å². The standard InChI is InChI=1S/C19H20O4/c1-19(2)7-3-4-11-13(19)6-5-12-15(11)17(22)16(21)14-10(8-20)9-23-18(12)14/h5-6,10,20H,3-4,7-9H2,1-2H3/t10-/m0/s1. The summed E-state index contributed by atoms with van der Waals surface area (Å²) in [6.45, 7) is 4.46. The molecule has 1 aromatic rings. The smallest absolute Gasteiger partial charge is 0.234 e. The summed E-state index contributed by atoms with van der Waals surface area (Å²) in [4.78, 5) is 25.4. The Kier molecular flexibility index (Phi) is 3.04. The van der Waals surface area contributed by atoms with E-state index in [0.29, 0.717) is 16.9 Å². The fourth-order valence-corrected chi connectivity index (χ4v) is 4.25. The van der Waals surface area contributed by atoms with E-state index in [9.17, 15) is 14.7 Å². The number of hydrogen-bond donors (Lipinski definition) is 1. The van der Waals surface area contributed by atoms with E-state index in [0.717, 1.165) is 30.4 Å². The third kappa shape index (κ3) is 1.88. The lowest BCUT2D eigenvalue weighted by Gasteiger charge is -2.35. The lowest BCUT2D eigenvalue weighted by molar-refractivity contribution is -0.112. The highest BCUT2D eigenvalue weighted by molar-refractivity contribution is 6.52. The molecule has 0 saturated carbocycles. The Bertz CT molecular complexity index is 770. The van der Waals surface area contributed by atoms with Crippen molar-refractivity contribution in [3.8, 4) is 0 Å². The topological polar surface area (TPSA) is 63.6 Å². The fraction of sp³-hybridized carbons (Fsp3) is 0.474. The Morgan fingerprint density at radius 3 is 2.78 bits per heavy atom. The molecule has 0 aromatic heterocycles. The zero-order chi connectivity index (χ0) is 16.4. The molecule has 23 heavy (non-hydrogen) atoms. The van der Waals surface area contributed by atoms with Gasteiger partial charge in [-0.2, -0.15) is 0 Å². The van der Waals surface area contributed by atoms with E-state index in [4.69, 9.17) is 4.74 Å². The van der Waals surface area contributed by atoms with Crippen LogP contribution in [0.15, 0.2) is 17.7 Å². The molecule has 0 unspecified atom stereocenters. The van der Waals surface area contributed by atoms with E-state index in [1.807, 2.05) is 6.07 Å². The van der Waals surface area contributed by atoms with Gasteiger partial charge in [0.05, 0.1) is 18.8 Å². The van der Waals surface area contributed by atoms with Crippen LogP contribution in [0.3, 0.4) is 0 Å². The predicted octanol–water partition coefficient (Wildman–Crippen LogP) is 2.42. The van der Waals surface area contributed by atoms with Gasteiger partial charge in [-0.25, -0.2) is 0 Å². The molecule has 1 heterocycles. The van der Waals surface area contributed by atoms with Crippen molar-refractivity contribution in [1.29, 1.82) is 0 Å². The van der Waals surface area contributed by atoms with E-state index in [1.165, 1.54) is 5.56 Å². The molecule has 1 N–H and O–H groups in total. The first-order valence-corrected chi connectivity index (χ1v) is 8.19. The molecular weight excluding hydrogens is 292 g/mol. The molecule has 3 aliphatic rings. The molecule has 4 nitrogen and oxygen atoms in total. The van der Waals surface area contributed by atoms with Crippen molar-refractivity contribution >= 4 is 17.3 Å². The van der Waals surface area contributed by atoms with Crippen LogP contribution < -0.4 is 0 Å². The van der Waals surface area contributed by atoms with Gasteiger partial charge in [-0.1, -0.05) is 26.0 Å². The van der Waals surface area contributed by atoms with Gasteiger partial charge >= 0.3 is 0 Å². The largest absolute Gasteiger partial charge is 0.492 e. The first kappa shape index (κ1) is 14.6. The second-order valence-corrected chi connectivity index (χ2v) is 7.34. The highest BCUT2D eigenvalue weighted by atomic mass is 16.5. The van der Waals surface area contributed by atoms with Gasteiger partial charge in [0.1, 0.15) is 5.76 Å². The second-order valence-electron chi connectivity index (χ2n) is 7.34. The van der Waals surface area contributed by atoms with Gasteiger partial charge in [-0.05, 0) is 35.8 Å². The second kappa shape index (κ2) is 4.78. The van der Waals surface area contributed by atoms with Crippen LogP contribution in [0.1, 0.15) is 53.7 Å². The van der Waals surface area contributed by atoms with Crippen molar-refractivity contribution in [2.45, 2.75) is 38.5 Å². The van der Waals surface area contributed by atoms with E-state index >= 15 is 0 Å². The van der Waals surface area contributed by atoms with Crippen LogP contribution in [0.25, 0.3) is 5.76 Å². The van der Waals surface area contributed by atoms with Crippen molar-refractivity contribution in [3.05, 3.63) is 40.0 Å². The molecule has 4 rings (SSSR count). The SMILES string of the molecule is CC1(C)CCCc2c1ccc1c2C(=O)C(=O)C2=C1OC[C@@H]2CO. The molecule has 1 atom stereocenters. The maximum absolute atomic E-state index is 12.8. The van der Waals surface area contributed by atoms with Gasteiger partial charge in [0.15, 0.2) is 0 Å². The van der Waals surface area contributed by atoms with Gasteiger partial charge in [-0.15, -0.1) is 0 Å². The fourth-order valence-electron chi connectivity index (χ4n) is 4.25. The van der Waals surface area contributed by atoms with Crippen LogP contribution in [0.2, 0.25) is 0 Å². The Labute approximate surface area is 135 Å². The number of ether oxygens (including phenoxy) is 1. The molecule has 0 amide bonds. The Morgan fingerprint density at radius 1 is 1.26 bits per heavy atom.